The van der Waals surface area contributed by atoms with Gasteiger partial charge in [0.2, 0.25) is 5.91 Å². The van der Waals surface area contributed by atoms with E-state index in [4.69, 9.17) is 11.6 Å². The maximum Gasteiger partial charge on any atom is 0.253 e. The molecule has 0 aromatic carbocycles. The van der Waals surface area contributed by atoms with E-state index in [0.717, 1.165) is 30.2 Å². The number of alkyl halides is 1. The topological polar surface area (TPSA) is 59.1 Å². The van der Waals surface area contributed by atoms with Crippen molar-refractivity contribution in [2.75, 3.05) is 0 Å². The molecule has 0 saturated carbocycles. The number of hydrogen-bond acceptors (Lipinski definition) is 3. The van der Waals surface area contributed by atoms with Crippen molar-refractivity contribution >= 4 is 55.3 Å². The molecular formula is C16H21Br2ClN2O2. The number of aromatic nitrogens is 1. The van der Waals surface area contributed by atoms with Crippen LogP contribution in [0.25, 0.3) is 0 Å². The van der Waals surface area contributed by atoms with Crippen molar-refractivity contribution in [3.05, 3.63) is 26.9 Å². The predicted octanol–water partition coefficient (Wildman–Crippen LogP) is 5.06. The second-order valence-electron chi connectivity index (χ2n) is 5.51. The molecule has 1 heterocycles. The van der Waals surface area contributed by atoms with E-state index in [9.17, 15) is 9.59 Å². The maximum absolute atomic E-state index is 12.3. The van der Waals surface area contributed by atoms with Crippen LogP contribution in [0.4, 0.5) is 0 Å². The van der Waals surface area contributed by atoms with Gasteiger partial charge < -0.3 is 0 Å². The van der Waals surface area contributed by atoms with Crippen LogP contribution in [0.15, 0.2) is 21.2 Å². The van der Waals surface area contributed by atoms with E-state index >= 15 is 0 Å². The summed E-state index contributed by atoms with van der Waals surface area (Å²) in [6.45, 7) is 3.67. The fourth-order valence-electron chi connectivity index (χ4n) is 1.99. The van der Waals surface area contributed by atoms with E-state index in [1.807, 2.05) is 0 Å². The molecule has 1 aromatic rings. The highest BCUT2D eigenvalue weighted by atomic mass is 79.9. The van der Waals surface area contributed by atoms with Gasteiger partial charge in [-0.05, 0) is 57.3 Å². The minimum Gasteiger partial charge on any atom is -0.295 e. The van der Waals surface area contributed by atoms with Gasteiger partial charge in [0.05, 0.1) is 10.2 Å². The Morgan fingerprint density at radius 2 is 1.87 bits per heavy atom. The minimum atomic E-state index is -1.40. The summed E-state index contributed by atoms with van der Waals surface area (Å²) in [7, 11) is 0. The second-order valence-corrected chi connectivity index (χ2v) is 7.88. The Hall–Kier alpha value is -0.460. The van der Waals surface area contributed by atoms with E-state index in [-0.39, 0.29) is 5.91 Å². The zero-order valence-corrected chi connectivity index (χ0v) is 17.2. The first-order valence-electron chi connectivity index (χ1n) is 7.64. The number of nitrogens with zero attached hydrogens (tertiary/aromatic N) is 1. The Labute approximate surface area is 159 Å². The molecule has 0 fully saturated rings. The largest absolute Gasteiger partial charge is 0.295 e. The van der Waals surface area contributed by atoms with Gasteiger partial charge >= 0.3 is 0 Å². The zero-order valence-electron chi connectivity index (χ0n) is 13.3. The smallest absolute Gasteiger partial charge is 0.253 e. The average Bonchev–Trinajstić information content (AvgIpc) is 2.49. The van der Waals surface area contributed by atoms with Gasteiger partial charge in [-0.15, -0.1) is 11.6 Å². The molecule has 1 N–H and O–H groups in total. The highest BCUT2D eigenvalue weighted by Gasteiger charge is 2.35. The van der Waals surface area contributed by atoms with Gasteiger partial charge in [0.25, 0.3) is 5.91 Å². The first-order valence-corrected chi connectivity index (χ1v) is 9.61. The van der Waals surface area contributed by atoms with Crippen LogP contribution in [0.2, 0.25) is 0 Å². The van der Waals surface area contributed by atoms with E-state index in [2.05, 4.69) is 49.1 Å². The zero-order chi connectivity index (χ0) is 17.5. The Morgan fingerprint density at radius 1 is 1.22 bits per heavy atom. The SMILES string of the molecule is CCCCCCCC(=O)NC(=O)C(C)(Cl)c1ccc(Br)c(Br)n1. The van der Waals surface area contributed by atoms with Crippen LogP contribution < -0.4 is 5.32 Å². The van der Waals surface area contributed by atoms with Gasteiger partial charge in [-0.25, -0.2) is 4.98 Å². The van der Waals surface area contributed by atoms with Crippen LogP contribution in [0.5, 0.6) is 0 Å². The normalized spacial score (nSPS) is 13.4. The van der Waals surface area contributed by atoms with Crippen molar-refractivity contribution in [3.8, 4) is 0 Å². The lowest BCUT2D eigenvalue weighted by Crippen LogP contribution is -2.42. The molecule has 7 heteroatoms. The summed E-state index contributed by atoms with van der Waals surface area (Å²) in [5.41, 5.74) is 0.377. The molecule has 128 valence electrons. The van der Waals surface area contributed by atoms with Gasteiger partial charge in [-0.1, -0.05) is 32.6 Å². The number of amides is 2. The molecular weight excluding hydrogens is 447 g/mol. The number of unbranched alkanes of at least 4 members (excludes halogenated alkanes) is 4. The predicted molar refractivity (Wildman–Crippen MR) is 99.4 cm³/mol. The molecule has 0 radical (unpaired) electrons. The van der Waals surface area contributed by atoms with E-state index in [1.165, 1.54) is 13.3 Å². The summed E-state index contributed by atoms with van der Waals surface area (Å²) in [6, 6.07) is 3.40. The molecule has 1 unspecified atom stereocenters. The summed E-state index contributed by atoms with van der Waals surface area (Å²) in [5, 5.41) is 2.37. The molecule has 1 rings (SSSR count). The van der Waals surface area contributed by atoms with Gasteiger partial charge in [0.15, 0.2) is 4.87 Å². The highest BCUT2D eigenvalue weighted by molar-refractivity contribution is 9.13. The fraction of sp³-hybridized carbons (Fsp3) is 0.562. The lowest BCUT2D eigenvalue weighted by molar-refractivity contribution is -0.132. The molecule has 4 nitrogen and oxygen atoms in total. The highest BCUT2D eigenvalue weighted by Crippen LogP contribution is 2.31. The number of rotatable bonds is 8. The van der Waals surface area contributed by atoms with Crippen LogP contribution >= 0.6 is 43.5 Å². The molecule has 2 amide bonds. The first kappa shape index (κ1) is 20.6. The van der Waals surface area contributed by atoms with Crippen molar-refractivity contribution in [2.45, 2.75) is 57.2 Å². The van der Waals surface area contributed by atoms with Crippen molar-refractivity contribution in [3.63, 3.8) is 0 Å². The van der Waals surface area contributed by atoms with Gasteiger partial charge in [0, 0.05) is 6.42 Å². The lowest BCUT2D eigenvalue weighted by Gasteiger charge is -2.20. The van der Waals surface area contributed by atoms with Crippen LogP contribution in [0, 0.1) is 0 Å². The monoisotopic (exact) mass is 466 g/mol. The average molecular weight is 469 g/mol. The maximum atomic E-state index is 12.3. The summed E-state index contributed by atoms with van der Waals surface area (Å²) in [6.07, 6.45) is 5.55. The number of hydrogen-bond donors (Lipinski definition) is 1. The number of halogens is 3. The van der Waals surface area contributed by atoms with Crippen molar-refractivity contribution in [1.29, 1.82) is 0 Å². The third-order valence-corrected chi connectivity index (χ3v) is 5.61. The molecule has 1 aromatic heterocycles. The number of nitrogens with one attached hydrogen (secondary N) is 1. The molecule has 0 saturated heterocycles. The molecule has 23 heavy (non-hydrogen) atoms. The third-order valence-electron chi connectivity index (χ3n) is 3.47. The van der Waals surface area contributed by atoms with Crippen LogP contribution in [-0.2, 0) is 14.5 Å². The van der Waals surface area contributed by atoms with Crippen molar-refractivity contribution in [1.82, 2.24) is 10.3 Å². The molecule has 0 aliphatic rings. The fourth-order valence-corrected chi connectivity index (χ4v) is 2.69. The first-order chi connectivity index (χ1) is 10.8. The third kappa shape index (κ3) is 6.51. The van der Waals surface area contributed by atoms with Crippen molar-refractivity contribution in [2.24, 2.45) is 0 Å². The Kier molecular flexibility index (Phi) is 8.72. The molecule has 0 aliphatic carbocycles. The van der Waals surface area contributed by atoms with E-state index in [0.29, 0.717) is 16.7 Å². The lowest BCUT2D eigenvalue weighted by atomic mass is 10.0. The van der Waals surface area contributed by atoms with Crippen LogP contribution in [-0.4, -0.2) is 16.8 Å². The molecule has 1 atom stereocenters. The molecule has 0 bridgehead atoms. The Balaban J connectivity index is 2.57. The van der Waals surface area contributed by atoms with Crippen LogP contribution in [0.1, 0.15) is 58.1 Å². The summed E-state index contributed by atoms with van der Waals surface area (Å²) in [5.74, 6) is -0.853. The van der Waals surface area contributed by atoms with Crippen LogP contribution in [0.3, 0.4) is 0 Å². The van der Waals surface area contributed by atoms with E-state index in [1.54, 1.807) is 12.1 Å². The number of imide groups is 1. The summed E-state index contributed by atoms with van der Waals surface area (Å²) < 4.78 is 1.31. The molecule has 0 aliphatic heterocycles. The number of pyridine rings is 1. The molecule has 0 spiro atoms. The second kappa shape index (κ2) is 9.74. The quantitative estimate of drug-likeness (QED) is 0.329. The number of carbonyl (C=O) groups excluding carboxylic acids is 2. The van der Waals surface area contributed by atoms with Crippen molar-refractivity contribution < 1.29 is 9.59 Å². The van der Waals surface area contributed by atoms with Gasteiger partial charge in [0.1, 0.15) is 4.60 Å². The van der Waals surface area contributed by atoms with Gasteiger partial charge in [-0.3, -0.25) is 14.9 Å². The summed E-state index contributed by atoms with van der Waals surface area (Å²) in [4.78, 5) is 27.0. The number of carbonyl (C=O) groups is 2. The minimum absolute atomic E-state index is 0.297. The Bertz CT molecular complexity index is 565. The Morgan fingerprint density at radius 3 is 2.48 bits per heavy atom. The van der Waals surface area contributed by atoms with E-state index < -0.39 is 10.8 Å². The standard InChI is InChI=1S/C16H21Br2ClN2O2/c1-3-4-5-6-7-8-13(22)21-15(23)16(2,19)12-10-9-11(17)14(18)20-12/h9-10H,3-8H2,1-2H3,(H,21,22,23). The van der Waals surface area contributed by atoms with Gasteiger partial charge in [-0.2, -0.15) is 0 Å². The summed E-state index contributed by atoms with van der Waals surface area (Å²) >= 11 is 12.9.